The molecule has 0 unspecified atom stereocenters. The van der Waals surface area contributed by atoms with E-state index in [-0.39, 0.29) is 0 Å². The first-order chi connectivity index (χ1) is 15.5. The Balaban J connectivity index is 0.000000360. The fraction of sp³-hybridized carbons (Fsp3) is 0.0370. The van der Waals surface area contributed by atoms with E-state index in [0.29, 0.717) is 0 Å². The van der Waals surface area contributed by atoms with Crippen molar-refractivity contribution in [3.05, 3.63) is 134 Å². The van der Waals surface area contributed by atoms with E-state index in [0.717, 1.165) is 6.08 Å². The van der Waals surface area contributed by atoms with Crippen LogP contribution in [0.4, 0.5) is 0 Å². The minimum atomic E-state index is -4.04. The van der Waals surface area contributed by atoms with E-state index in [9.17, 15) is 13.0 Å². The third-order valence-electron chi connectivity index (χ3n) is 4.90. The summed E-state index contributed by atoms with van der Waals surface area (Å²) in [6.07, 6.45) is 1.06. The second-order valence-electron chi connectivity index (χ2n) is 7.03. The molecule has 0 bridgehead atoms. The molecule has 3 nitrogen and oxygen atoms in total. The van der Waals surface area contributed by atoms with E-state index in [1.807, 2.05) is 0 Å². The fourth-order valence-electron chi connectivity index (χ4n) is 3.65. The van der Waals surface area contributed by atoms with Crippen molar-refractivity contribution >= 4 is 38.6 Å². The molecule has 32 heavy (non-hydrogen) atoms. The molecule has 0 N–H and O–H groups in total. The highest BCUT2D eigenvalue weighted by Gasteiger charge is 2.47. The number of benzene rings is 4. The van der Waals surface area contributed by atoms with Gasteiger partial charge < -0.3 is 4.55 Å². The zero-order valence-corrected chi connectivity index (χ0v) is 19.3. The van der Waals surface area contributed by atoms with Gasteiger partial charge in [0.25, 0.3) is 0 Å². The lowest BCUT2D eigenvalue weighted by molar-refractivity contribution is 0.466. The summed E-state index contributed by atoms with van der Waals surface area (Å²) < 4.78 is 28.8. The van der Waals surface area contributed by atoms with E-state index >= 15 is 0 Å². The lowest BCUT2D eigenvalue weighted by Gasteiger charge is -2.27. The Morgan fingerprint density at radius 3 is 1.00 bits per heavy atom. The smallest absolute Gasteiger partial charge is 0.144 e. The Hall–Kier alpha value is -3.04. The van der Waals surface area contributed by atoms with Crippen molar-refractivity contribution < 1.29 is 13.0 Å². The molecular formula is C27H25O3PS. The molecule has 0 spiro atoms. The topological polar surface area (TPSA) is 57.2 Å². The zero-order valence-electron chi connectivity index (χ0n) is 17.6. The molecular weight excluding hydrogens is 435 g/mol. The molecule has 4 aromatic carbocycles. The zero-order chi connectivity index (χ0) is 22.9. The molecule has 0 atom stereocenters. The highest BCUT2D eigenvalue weighted by molar-refractivity contribution is 8.01. The third-order valence-corrected chi connectivity index (χ3v) is 9.83. The van der Waals surface area contributed by atoms with Crippen LogP contribution >= 0.6 is 7.26 Å². The second kappa shape index (κ2) is 11.0. The molecule has 0 fully saturated rings. The summed E-state index contributed by atoms with van der Waals surface area (Å²) in [5.41, 5.74) is 0. The number of hydrogen-bond acceptors (Lipinski definition) is 3. The minimum Gasteiger partial charge on any atom is -0.748 e. The van der Waals surface area contributed by atoms with Crippen LogP contribution in [0.5, 0.6) is 0 Å². The first kappa shape index (κ1) is 23.6. The summed E-state index contributed by atoms with van der Waals surface area (Å²) in [4.78, 5) is 0. The third kappa shape index (κ3) is 5.60. The summed E-state index contributed by atoms with van der Waals surface area (Å²) in [5, 5.41) is 5.55. The van der Waals surface area contributed by atoms with Crippen LogP contribution in [-0.4, -0.2) is 18.7 Å². The lowest BCUT2D eigenvalue weighted by atomic mass is 10.3. The van der Waals surface area contributed by atoms with Gasteiger partial charge in [0, 0.05) is 0 Å². The van der Waals surface area contributed by atoms with Crippen LogP contribution in [0, 0.1) is 0 Å². The first-order valence-electron chi connectivity index (χ1n) is 10.1. The monoisotopic (exact) mass is 460 g/mol. The molecule has 4 aromatic rings. The molecule has 0 amide bonds. The van der Waals surface area contributed by atoms with E-state index in [2.05, 4.69) is 128 Å². The summed E-state index contributed by atoms with van der Waals surface area (Å²) in [6, 6.07) is 43.8. The molecule has 0 aliphatic carbocycles. The Bertz CT molecular complexity index is 1050. The van der Waals surface area contributed by atoms with Crippen LogP contribution in [0.15, 0.2) is 134 Å². The van der Waals surface area contributed by atoms with Gasteiger partial charge in [-0.15, -0.1) is 6.58 Å². The van der Waals surface area contributed by atoms with Crippen molar-refractivity contribution in [3.8, 4) is 0 Å². The van der Waals surface area contributed by atoms with Crippen LogP contribution < -0.4 is 21.2 Å². The molecule has 162 valence electrons. The predicted molar refractivity (Wildman–Crippen MR) is 136 cm³/mol. The Labute approximate surface area is 191 Å². The molecule has 5 heteroatoms. The summed E-state index contributed by atoms with van der Waals surface area (Å²) in [6.45, 7) is 3.07. The standard InChI is InChI=1S/C24H20P.C3H6O3S/c1-5-13-21(14-6-1)25(22-15-7-2-8-16-22,23-17-9-3-10-18-23)24-19-11-4-12-20-24;1-2-3-7(4,5)6/h1-20H;2H,1,3H2,(H,4,5,6)/q+1;/p-1. The van der Waals surface area contributed by atoms with Crippen molar-refractivity contribution in [2.75, 3.05) is 5.75 Å². The molecule has 0 aromatic heterocycles. The molecule has 0 aliphatic heterocycles. The van der Waals surface area contributed by atoms with Gasteiger partial charge >= 0.3 is 0 Å². The van der Waals surface area contributed by atoms with Crippen LogP contribution in [-0.2, 0) is 10.1 Å². The maximum absolute atomic E-state index is 9.60. The van der Waals surface area contributed by atoms with E-state index in [1.54, 1.807) is 0 Å². The molecule has 0 radical (unpaired) electrons. The van der Waals surface area contributed by atoms with Gasteiger partial charge in [0.05, 0.1) is 15.9 Å². The fourth-order valence-corrected chi connectivity index (χ4v) is 8.20. The van der Waals surface area contributed by atoms with Gasteiger partial charge in [-0.1, -0.05) is 78.9 Å². The van der Waals surface area contributed by atoms with Crippen molar-refractivity contribution in [2.45, 2.75) is 0 Å². The van der Waals surface area contributed by atoms with Crippen molar-refractivity contribution in [1.82, 2.24) is 0 Å². The van der Waals surface area contributed by atoms with Gasteiger partial charge in [-0.25, -0.2) is 8.42 Å². The minimum absolute atomic E-state index is 0.479. The summed E-state index contributed by atoms with van der Waals surface area (Å²) in [7, 11) is -5.95. The van der Waals surface area contributed by atoms with Gasteiger partial charge in [-0.2, -0.15) is 0 Å². The van der Waals surface area contributed by atoms with E-state index in [4.69, 9.17) is 0 Å². The average molecular weight is 461 g/mol. The highest BCUT2D eigenvalue weighted by Crippen LogP contribution is 2.53. The molecule has 0 heterocycles. The number of hydrogen-bond donors (Lipinski definition) is 0. The first-order valence-corrected chi connectivity index (χ1v) is 13.5. The largest absolute Gasteiger partial charge is 0.748 e. The quantitative estimate of drug-likeness (QED) is 0.248. The molecule has 0 saturated carbocycles. The van der Waals surface area contributed by atoms with E-state index in [1.165, 1.54) is 21.2 Å². The van der Waals surface area contributed by atoms with Crippen LogP contribution in [0.1, 0.15) is 0 Å². The van der Waals surface area contributed by atoms with Gasteiger partial charge in [0.15, 0.2) is 0 Å². The van der Waals surface area contributed by atoms with Crippen LogP contribution in [0.2, 0.25) is 0 Å². The maximum Gasteiger partial charge on any atom is 0.144 e. The Morgan fingerprint density at radius 2 is 0.844 bits per heavy atom. The van der Waals surface area contributed by atoms with Crippen molar-refractivity contribution in [3.63, 3.8) is 0 Å². The van der Waals surface area contributed by atoms with Crippen molar-refractivity contribution in [2.24, 2.45) is 0 Å². The normalized spacial score (nSPS) is 11.2. The second-order valence-corrected chi connectivity index (χ2v) is 11.9. The maximum atomic E-state index is 9.60. The Kier molecular flexibility index (Phi) is 8.13. The van der Waals surface area contributed by atoms with Gasteiger partial charge in [-0.05, 0) is 48.5 Å². The molecule has 0 saturated heterocycles. The molecule has 4 rings (SSSR count). The summed E-state index contributed by atoms with van der Waals surface area (Å²) in [5.74, 6) is -0.479. The summed E-state index contributed by atoms with van der Waals surface area (Å²) >= 11 is 0. The van der Waals surface area contributed by atoms with Crippen LogP contribution in [0.3, 0.4) is 0 Å². The SMILES string of the molecule is C=CCS(=O)(=O)[O-].c1ccc([P+](c2ccccc2)(c2ccccc2)c2ccccc2)cc1. The van der Waals surface area contributed by atoms with Gasteiger partial charge in [0.2, 0.25) is 0 Å². The van der Waals surface area contributed by atoms with Crippen molar-refractivity contribution in [1.29, 1.82) is 0 Å². The lowest BCUT2D eigenvalue weighted by Crippen LogP contribution is -2.38. The molecule has 0 aliphatic rings. The average Bonchev–Trinajstić information content (AvgIpc) is 2.82. The Morgan fingerprint density at radius 1 is 0.594 bits per heavy atom. The highest BCUT2D eigenvalue weighted by atomic mass is 32.2. The van der Waals surface area contributed by atoms with Gasteiger partial charge in [0.1, 0.15) is 28.5 Å². The van der Waals surface area contributed by atoms with E-state index < -0.39 is 23.1 Å². The van der Waals surface area contributed by atoms with Gasteiger partial charge in [-0.3, -0.25) is 0 Å². The predicted octanol–water partition coefficient (Wildman–Crippen LogP) is 4.02. The number of rotatable bonds is 6. The van der Waals surface area contributed by atoms with Crippen LogP contribution in [0.25, 0.3) is 0 Å².